The smallest absolute Gasteiger partial charge is 0.0229 e. The van der Waals surface area contributed by atoms with Crippen molar-refractivity contribution < 1.29 is 0 Å². The van der Waals surface area contributed by atoms with Gasteiger partial charge in [0.15, 0.2) is 0 Å². The van der Waals surface area contributed by atoms with Crippen LogP contribution in [0.25, 0.3) is 0 Å². The summed E-state index contributed by atoms with van der Waals surface area (Å²) in [6.45, 7) is 5.15. The predicted molar refractivity (Wildman–Crippen MR) is 81.2 cm³/mol. The van der Waals surface area contributed by atoms with Crippen LogP contribution in [0.1, 0.15) is 38.5 Å². The lowest BCUT2D eigenvalue weighted by atomic mass is 10.0. The molecule has 104 valence electrons. The molecule has 0 spiro atoms. The van der Waals surface area contributed by atoms with Crippen molar-refractivity contribution in [2.75, 3.05) is 13.1 Å². The van der Waals surface area contributed by atoms with E-state index in [1.165, 1.54) is 5.57 Å². The van der Waals surface area contributed by atoms with Crippen LogP contribution >= 0.6 is 0 Å². The van der Waals surface area contributed by atoms with E-state index < -0.39 is 0 Å². The molecule has 3 heteroatoms. The van der Waals surface area contributed by atoms with Crippen molar-refractivity contribution in [3.63, 3.8) is 0 Å². The molecule has 3 nitrogen and oxygen atoms in total. The largest absolute Gasteiger partial charge is 0.330 e. The summed E-state index contributed by atoms with van der Waals surface area (Å²) < 4.78 is 0. The van der Waals surface area contributed by atoms with Crippen LogP contribution in [-0.4, -0.2) is 19.1 Å². The summed E-state index contributed by atoms with van der Waals surface area (Å²) in [6, 6.07) is 0.124. The fraction of sp³-hybridized carbons (Fsp3) is 0.600. The molecule has 0 heterocycles. The van der Waals surface area contributed by atoms with E-state index in [2.05, 4.69) is 24.8 Å². The fourth-order valence-electron chi connectivity index (χ4n) is 1.73. The summed E-state index contributed by atoms with van der Waals surface area (Å²) in [6.07, 6.45) is 14.3. The van der Waals surface area contributed by atoms with Gasteiger partial charge in [-0.15, -0.1) is 6.58 Å². The molecule has 0 aromatic rings. The molecule has 0 aliphatic carbocycles. The number of hydrogen-bond acceptors (Lipinski definition) is 3. The summed E-state index contributed by atoms with van der Waals surface area (Å²) in [5.41, 5.74) is 18.5. The lowest BCUT2D eigenvalue weighted by molar-refractivity contribution is 0.715. The Kier molecular flexibility index (Phi) is 11.9. The quantitative estimate of drug-likeness (QED) is 0.493. The van der Waals surface area contributed by atoms with E-state index >= 15 is 0 Å². The van der Waals surface area contributed by atoms with Gasteiger partial charge in [-0.05, 0) is 51.6 Å². The molecule has 0 saturated carbocycles. The maximum absolute atomic E-state index is 6.06. The van der Waals surface area contributed by atoms with Gasteiger partial charge >= 0.3 is 0 Å². The third-order valence-electron chi connectivity index (χ3n) is 2.74. The van der Waals surface area contributed by atoms with Crippen molar-refractivity contribution in [2.24, 2.45) is 17.2 Å². The Balaban J connectivity index is 4.25. The predicted octanol–water partition coefficient (Wildman–Crippen LogP) is 2.24. The van der Waals surface area contributed by atoms with Crippen LogP contribution in [0, 0.1) is 0 Å². The first-order chi connectivity index (χ1) is 8.74. The van der Waals surface area contributed by atoms with Crippen molar-refractivity contribution in [1.29, 1.82) is 0 Å². The van der Waals surface area contributed by atoms with Gasteiger partial charge in [0.2, 0.25) is 0 Å². The lowest BCUT2D eigenvalue weighted by Gasteiger charge is -2.09. The van der Waals surface area contributed by atoms with Crippen molar-refractivity contribution in [1.82, 2.24) is 0 Å². The molecular weight excluding hydrogens is 222 g/mol. The van der Waals surface area contributed by atoms with Gasteiger partial charge in [-0.3, -0.25) is 0 Å². The van der Waals surface area contributed by atoms with Gasteiger partial charge in [0.05, 0.1) is 0 Å². The van der Waals surface area contributed by atoms with E-state index in [-0.39, 0.29) is 6.04 Å². The van der Waals surface area contributed by atoms with Gasteiger partial charge in [-0.25, -0.2) is 0 Å². The molecule has 1 unspecified atom stereocenters. The molecule has 0 aliphatic heterocycles. The third-order valence-corrected chi connectivity index (χ3v) is 2.74. The van der Waals surface area contributed by atoms with Gasteiger partial charge in [-0.2, -0.15) is 0 Å². The van der Waals surface area contributed by atoms with E-state index in [1.54, 1.807) is 0 Å². The van der Waals surface area contributed by atoms with E-state index in [0.717, 1.165) is 45.1 Å². The molecule has 0 saturated heterocycles. The normalized spacial score (nSPS) is 14.1. The highest BCUT2D eigenvalue weighted by Gasteiger charge is 2.01. The fourth-order valence-corrected chi connectivity index (χ4v) is 1.73. The van der Waals surface area contributed by atoms with Crippen LogP contribution < -0.4 is 17.2 Å². The Bertz CT molecular complexity index is 256. The van der Waals surface area contributed by atoms with Gasteiger partial charge in [0.1, 0.15) is 0 Å². The zero-order chi connectivity index (χ0) is 13.6. The molecule has 0 aromatic carbocycles. The van der Waals surface area contributed by atoms with Crippen molar-refractivity contribution in [2.45, 2.75) is 44.6 Å². The van der Waals surface area contributed by atoms with E-state index in [9.17, 15) is 0 Å². The first-order valence-electron chi connectivity index (χ1n) is 6.85. The SMILES string of the molecule is C=CCCC(N)C=C(CC=CCCN)CCCN. The molecule has 6 N–H and O–H groups in total. The second-order valence-corrected chi connectivity index (χ2v) is 4.50. The summed E-state index contributed by atoms with van der Waals surface area (Å²) in [5, 5.41) is 0. The number of nitrogens with two attached hydrogens (primary N) is 3. The average molecular weight is 251 g/mol. The lowest BCUT2D eigenvalue weighted by Crippen LogP contribution is -2.17. The van der Waals surface area contributed by atoms with Crippen LogP contribution in [0.15, 0.2) is 36.5 Å². The van der Waals surface area contributed by atoms with E-state index in [4.69, 9.17) is 17.2 Å². The Hall–Kier alpha value is -0.900. The van der Waals surface area contributed by atoms with Gasteiger partial charge in [0, 0.05) is 6.04 Å². The van der Waals surface area contributed by atoms with Gasteiger partial charge < -0.3 is 17.2 Å². The maximum Gasteiger partial charge on any atom is 0.0229 e. The minimum absolute atomic E-state index is 0.124. The molecule has 0 fully saturated rings. The molecule has 0 amide bonds. The minimum Gasteiger partial charge on any atom is -0.330 e. The van der Waals surface area contributed by atoms with Crippen molar-refractivity contribution in [3.05, 3.63) is 36.5 Å². The van der Waals surface area contributed by atoms with Gasteiger partial charge in [-0.1, -0.05) is 29.9 Å². The maximum atomic E-state index is 6.06. The Morgan fingerprint density at radius 1 is 1.11 bits per heavy atom. The van der Waals surface area contributed by atoms with Crippen molar-refractivity contribution in [3.8, 4) is 0 Å². The highest BCUT2D eigenvalue weighted by molar-refractivity contribution is 5.11. The molecule has 0 radical (unpaired) electrons. The second kappa shape index (κ2) is 12.6. The summed E-state index contributed by atoms with van der Waals surface area (Å²) in [5.74, 6) is 0. The summed E-state index contributed by atoms with van der Waals surface area (Å²) >= 11 is 0. The van der Waals surface area contributed by atoms with Crippen LogP contribution in [0.5, 0.6) is 0 Å². The zero-order valence-corrected chi connectivity index (χ0v) is 11.5. The Morgan fingerprint density at radius 3 is 2.50 bits per heavy atom. The number of allylic oxidation sites excluding steroid dienone is 3. The summed E-state index contributed by atoms with van der Waals surface area (Å²) in [4.78, 5) is 0. The highest BCUT2D eigenvalue weighted by atomic mass is 14.6. The molecule has 0 aromatic heterocycles. The van der Waals surface area contributed by atoms with Crippen LogP contribution in [0.3, 0.4) is 0 Å². The zero-order valence-electron chi connectivity index (χ0n) is 11.5. The standard InChI is InChI=1S/C15H29N3/c1-2-3-10-15(18)13-14(9-7-12-17)8-5-4-6-11-16/h2,4-5,13,15H,1,3,6-12,16-18H2. The van der Waals surface area contributed by atoms with Crippen LogP contribution in [0.2, 0.25) is 0 Å². The first-order valence-corrected chi connectivity index (χ1v) is 6.85. The first kappa shape index (κ1) is 17.1. The topological polar surface area (TPSA) is 78.1 Å². The molecular formula is C15H29N3. The molecule has 1 atom stereocenters. The van der Waals surface area contributed by atoms with Crippen molar-refractivity contribution >= 4 is 0 Å². The monoisotopic (exact) mass is 251 g/mol. The molecule has 0 bridgehead atoms. The highest BCUT2D eigenvalue weighted by Crippen LogP contribution is 2.13. The number of hydrogen-bond donors (Lipinski definition) is 3. The molecule has 18 heavy (non-hydrogen) atoms. The Labute approximate surface area is 112 Å². The molecule has 0 rings (SSSR count). The van der Waals surface area contributed by atoms with Gasteiger partial charge in [0.25, 0.3) is 0 Å². The second-order valence-electron chi connectivity index (χ2n) is 4.50. The molecule has 0 aliphatic rings. The van der Waals surface area contributed by atoms with E-state index in [0.29, 0.717) is 6.54 Å². The van der Waals surface area contributed by atoms with Crippen LogP contribution in [0.4, 0.5) is 0 Å². The third kappa shape index (κ3) is 10.3. The number of rotatable bonds is 11. The average Bonchev–Trinajstić information content (AvgIpc) is 2.38. The van der Waals surface area contributed by atoms with E-state index in [1.807, 2.05) is 6.08 Å². The van der Waals surface area contributed by atoms with Crippen LogP contribution in [-0.2, 0) is 0 Å². The summed E-state index contributed by atoms with van der Waals surface area (Å²) in [7, 11) is 0. The Morgan fingerprint density at radius 2 is 1.89 bits per heavy atom. The minimum atomic E-state index is 0.124.